The zero-order valence-electron chi connectivity index (χ0n) is 15.5. The van der Waals surface area contributed by atoms with E-state index in [1.165, 1.54) is 19.3 Å². The molecule has 144 valence electrons. The smallest absolute Gasteiger partial charge is 0.320 e. The van der Waals surface area contributed by atoms with Crippen LogP contribution in [-0.2, 0) is 0 Å². The van der Waals surface area contributed by atoms with Gasteiger partial charge in [0.2, 0.25) is 0 Å². The van der Waals surface area contributed by atoms with E-state index in [9.17, 15) is 4.79 Å². The van der Waals surface area contributed by atoms with Gasteiger partial charge in [0.1, 0.15) is 11.6 Å². The highest BCUT2D eigenvalue weighted by Gasteiger charge is 2.24. The number of piperidine rings is 1. The number of urea groups is 1. The average Bonchev–Trinajstić information content (AvgIpc) is 3.17. The first kappa shape index (κ1) is 17.8. The molecule has 0 unspecified atom stereocenters. The van der Waals surface area contributed by atoms with Crippen molar-refractivity contribution in [3.05, 3.63) is 30.9 Å². The van der Waals surface area contributed by atoms with Crippen LogP contribution < -0.4 is 15.5 Å². The Morgan fingerprint density at radius 1 is 1.07 bits per heavy atom. The number of aromatic nitrogens is 4. The highest BCUT2D eigenvalue weighted by atomic mass is 16.2. The quantitative estimate of drug-likeness (QED) is 0.865. The van der Waals surface area contributed by atoms with Gasteiger partial charge in [0.15, 0.2) is 0 Å². The molecule has 3 heterocycles. The fourth-order valence-corrected chi connectivity index (χ4v) is 4.13. The summed E-state index contributed by atoms with van der Waals surface area (Å²) in [6, 6.07) is 2.19. The van der Waals surface area contributed by atoms with Crippen LogP contribution in [-0.4, -0.2) is 44.9 Å². The van der Waals surface area contributed by atoms with E-state index >= 15 is 0 Å². The standard InChI is InChI=1S/C19H27N7O/c27-19(24-17-8-9-22-26(17)16-6-2-1-3-7-16)23-15-5-4-12-25(14-15)18-13-20-10-11-21-18/h8-11,13,15-16H,1-7,12,14H2,(H2,23,24,27)/t15-/m0/s1. The van der Waals surface area contributed by atoms with E-state index in [0.717, 1.165) is 50.4 Å². The molecule has 2 N–H and O–H groups in total. The molecule has 2 aromatic rings. The van der Waals surface area contributed by atoms with Crippen LogP contribution in [0.25, 0.3) is 0 Å². The third-order valence-corrected chi connectivity index (χ3v) is 5.46. The predicted octanol–water partition coefficient (Wildman–Crippen LogP) is 2.97. The van der Waals surface area contributed by atoms with Gasteiger partial charge >= 0.3 is 6.03 Å². The molecule has 27 heavy (non-hydrogen) atoms. The first-order valence-corrected chi connectivity index (χ1v) is 9.91. The minimum Gasteiger partial charge on any atom is -0.353 e. The molecule has 0 spiro atoms. The summed E-state index contributed by atoms with van der Waals surface area (Å²) in [5, 5.41) is 10.5. The van der Waals surface area contributed by atoms with Gasteiger partial charge in [0, 0.05) is 37.6 Å². The zero-order valence-corrected chi connectivity index (χ0v) is 15.5. The number of nitrogens with zero attached hydrogens (tertiary/aromatic N) is 5. The molecule has 2 aromatic heterocycles. The summed E-state index contributed by atoms with van der Waals surface area (Å²) in [5.74, 6) is 1.64. The number of rotatable bonds is 4. The number of carbonyl (C=O) groups excluding carboxylic acids is 1. The molecular weight excluding hydrogens is 342 g/mol. The van der Waals surface area contributed by atoms with Crippen molar-refractivity contribution in [1.29, 1.82) is 0 Å². The van der Waals surface area contributed by atoms with E-state index in [-0.39, 0.29) is 12.1 Å². The maximum Gasteiger partial charge on any atom is 0.320 e. The van der Waals surface area contributed by atoms with Crippen LogP contribution in [0.3, 0.4) is 0 Å². The molecule has 8 heteroatoms. The Balaban J connectivity index is 1.34. The molecule has 0 radical (unpaired) electrons. The summed E-state index contributed by atoms with van der Waals surface area (Å²) in [6.07, 6.45) is 14.9. The van der Waals surface area contributed by atoms with Crippen molar-refractivity contribution < 1.29 is 4.79 Å². The lowest BCUT2D eigenvalue weighted by Gasteiger charge is -2.33. The topological polar surface area (TPSA) is 88.0 Å². The Morgan fingerprint density at radius 2 is 1.96 bits per heavy atom. The highest BCUT2D eigenvalue weighted by molar-refractivity contribution is 5.88. The van der Waals surface area contributed by atoms with Gasteiger partial charge in [-0.3, -0.25) is 10.3 Å². The maximum atomic E-state index is 12.5. The molecule has 1 aliphatic carbocycles. The summed E-state index contributed by atoms with van der Waals surface area (Å²) in [4.78, 5) is 23.2. The Labute approximate surface area is 159 Å². The van der Waals surface area contributed by atoms with Crippen LogP contribution >= 0.6 is 0 Å². The van der Waals surface area contributed by atoms with Crippen LogP contribution in [0.1, 0.15) is 51.0 Å². The summed E-state index contributed by atoms with van der Waals surface area (Å²) < 4.78 is 1.98. The molecule has 2 fully saturated rings. The second-order valence-corrected chi connectivity index (χ2v) is 7.40. The molecule has 1 saturated heterocycles. The summed E-state index contributed by atoms with van der Waals surface area (Å²) in [5.41, 5.74) is 0. The summed E-state index contributed by atoms with van der Waals surface area (Å²) in [6.45, 7) is 1.68. The van der Waals surface area contributed by atoms with Crippen LogP contribution in [0.5, 0.6) is 0 Å². The molecule has 1 saturated carbocycles. The van der Waals surface area contributed by atoms with Gasteiger partial charge in [-0.05, 0) is 25.7 Å². The van der Waals surface area contributed by atoms with Crippen molar-refractivity contribution in [2.75, 3.05) is 23.3 Å². The second-order valence-electron chi connectivity index (χ2n) is 7.40. The largest absolute Gasteiger partial charge is 0.353 e. The van der Waals surface area contributed by atoms with Gasteiger partial charge in [0.25, 0.3) is 0 Å². The van der Waals surface area contributed by atoms with E-state index in [4.69, 9.17) is 0 Å². The van der Waals surface area contributed by atoms with E-state index in [2.05, 4.69) is 30.6 Å². The number of nitrogens with one attached hydrogen (secondary N) is 2. The Hall–Kier alpha value is -2.64. The van der Waals surface area contributed by atoms with E-state index in [1.54, 1.807) is 24.8 Å². The van der Waals surface area contributed by atoms with Crippen LogP contribution in [0, 0.1) is 0 Å². The van der Waals surface area contributed by atoms with Crippen LogP contribution in [0.2, 0.25) is 0 Å². The molecule has 0 bridgehead atoms. The summed E-state index contributed by atoms with van der Waals surface area (Å²) >= 11 is 0. The number of hydrogen-bond donors (Lipinski definition) is 2. The Bertz CT molecular complexity index is 742. The van der Waals surface area contributed by atoms with E-state index < -0.39 is 0 Å². The first-order valence-electron chi connectivity index (χ1n) is 9.91. The predicted molar refractivity (Wildman–Crippen MR) is 104 cm³/mol. The third kappa shape index (κ3) is 4.37. The van der Waals surface area contributed by atoms with Crippen molar-refractivity contribution in [2.45, 2.75) is 57.0 Å². The number of carbonyl (C=O) groups is 1. The van der Waals surface area contributed by atoms with Gasteiger partial charge in [0.05, 0.1) is 18.4 Å². The molecule has 8 nitrogen and oxygen atoms in total. The number of amides is 2. The fourth-order valence-electron chi connectivity index (χ4n) is 4.13. The molecule has 2 amide bonds. The fraction of sp³-hybridized carbons (Fsp3) is 0.579. The second kappa shape index (κ2) is 8.37. The number of hydrogen-bond acceptors (Lipinski definition) is 5. The van der Waals surface area contributed by atoms with Crippen molar-refractivity contribution in [2.24, 2.45) is 0 Å². The lowest BCUT2D eigenvalue weighted by molar-refractivity contribution is 0.246. The molecule has 1 atom stereocenters. The molecular formula is C19H27N7O. The Kier molecular flexibility index (Phi) is 5.50. The zero-order chi connectivity index (χ0) is 18.5. The van der Waals surface area contributed by atoms with Crippen LogP contribution in [0.4, 0.5) is 16.4 Å². The van der Waals surface area contributed by atoms with E-state index in [1.807, 2.05) is 10.7 Å². The molecule has 1 aliphatic heterocycles. The normalized spacial score (nSPS) is 21.0. The first-order chi connectivity index (χ1) is 13.3. The maximum absolute atomic E-state index is 12.5. The average molecular weight is 369 g/mol. The molecule has 0 aromatic carbocycles. The van der Waals surface area contributed by atoms with Gasteiger partial charge in [-0.1, -0.05) is 19.3 Å². The minimum atomic E-state index is -0.168. The summed E-state index contributed by atoms with van der Waals surface area (Å²) in [7, 11) is 0. The lowest BCUT2D eigenvalue weighted by atomic mass is 9.96. The highest BCUT2D eigenvalue weighted by Crippen LogP contribution is 2.29. The van der Waals surface area contributed by atoms with Crippen LogP contribution in [0.15, 0.2) is 30.9 Å². The molecule has 2 aliphatic rings. The van der Waals surface area contributed by atoms with Gasteiger partial charge in [-0.15, -0.1) is 0 Å². The third-order valence-electron chi connectivity index (χ3n) is 5.46. The van der Waals surface area contributed by atoms with Gasteiger partial charge < -0.3 is 10.2 Å². The minimum absolute atomic E-state index is 0.0896. The number of anilines is 2. The van der Waals surface area contributed by atoms with Crippen molar-refractivity contribution in [1.82, 2.24) is 25.1 Å². The van der Waals surface area contributed by atoms with Gasteiger partial charge in [-0.25, -0.2) is 14.5 Å². The Morgan fingerprint density at radius 3 is 2.78 bits per heavy atom. The van der Waals surface area contributed by atoms with Crippen molar-refractivity contribution in [3.63, 3.8) is 0 Å². The SMILES string of the molecule is O=C(Nc1ccnn1C1CCCCC1)N[C@H]1CCCN(c2cnccn2)C1. The van der Waals surface area contributed by atoms with E-state index in [0.29, 0.717) is 6.04 Å². The molecule has 4 rings (SSSR count). The van der Waals surface area contributed by atoms with Crippen molar-refractivity contribution in [3.8, 4) is 0 Å². The lowest BCUT2D eigenvalue weighted by Crippen LogP contribution is -2.49. The van der Waals surface area contributed by atoms with Crippen molar-refractivity contribution >= 4 is 17.7 Å². The monoisotopic (exact) mass is 369 g/mol. The van der Waals surface area contributed by atoms with Gasteiger partial charge in [-0.2, -0.15) is 5.10 Å².